The molecule has 0 radical (unpaired) electrons. The lowest BCUT2D eigenvalue weighted by molar-refractivity contribution is -0.159. The Balaban J connectivity index is 0.000000437. The van der Waals surface area contributed by atoms with Crippen LogP contribution in [0.4, 0.5) is 0 Å². The predicted octanol–water partition coefficient (Wildman–Crippen LogP) is 1.01. The maximum absolute atomic E-state index is 9.10. The molecule has 0 saturated heterocycles. The van der Waals surface area contributed by atoms with Gasteiger partial charge in [-0.05, 0) is 17.0 Å². The number of aliphatic carboxylic acids is 4. The van der Waals surface area contributed by atoms with Crippen molar-refractivity contribution in [2.75, 3.05) is 0 Å². The van der Waals surface area contributed by atoms with E-state index in [0.717, 1.165) is 16.0 Å². The summed E-state index contributed by atoms with van der Waals surface area (Å²) < 4.78 is 0. The highest BCUT2D eigenvalue weighted by molar-refractivity contribution is 7.12. The molecule has 2 rings (SSSR count). The van der Waals surface area contributed by atoms with Crippen LogP contribution >= 0.6 is 11.3 Å². The molecule has 0 aliphatic carbocycles. The van der Waals surface area contributed by atoms with E-state index in [0.29, 0.717) is 0 Å². The molecular weight excluding hydrogens is 368 g/mol. The smallest absolute Gasteiger partial charge is 0.414 e. The summed E-state index contributed by atoms with van der Waals surface area (Å²) in [4.78, 5) is 37.2. The molecule has 0 aliphatic rings. The monoisotopic (exact) mass is 382 g/mol. The van der Waals surface area contributed by atoms with E-state index in [1.165, 1.54) is 11.3 Å². The first-order valence-corrected chi connectivity index (χ1v) is 7.35. The maximum Gasteiger partial charge on any atom is 0.414 e. The van der Waals surface area contributed by atoms with E-state index in [4.69, 9.17) is 50.7 Å². The Morgan fingerprint density at radius 2 is 1.23 bits per heavy atom. The molecule has 0 amide bonds. The number of thiophene rings is 1. The van der Waals surface area contributed by atoms with Crippen LogP contribution in [-0.4, -0.2) is 50.1 Å². The number of rotatable bonds is 2. The summed E-state index contributed by atoms with van der Waals surface area (Å²) in [6.07, 6.45) is 0. The van der Waals surface area contributed by atoms with Crippen molar-refractivity contribution in [1.29, 1.82) is 5.41 Å². The van der Waals surface area contributed by atoms with Crippen LogP contribution in [0.5, 0.6) is 0 Å². The number of amidine groups is 1. The minimum absolute atomic E-state index is 0.138. The molecule has 0 fully saturated rings. The lowest BCUT2D eigenvalue weighted by atomic mass is 10.1. The fourth-order valence-corrected chi connectivity index (χ4v) is 2.14. The number of hydrogen-bond acceptors (Lipinski definition) is 6. The van der Waals surface area contributed by atoms with Crippen LogP contribution in [-0.2, 0) is 19.2 Å². The first-order valence-electron chi connectivity index (χ1n) is 6.47. The van der Waals surface area contributed by atoms with Gasteiger partial charge in [-0.2, -0.15) is 0 Å². The van der Waals surface area contributed by atoms with Gasteiger partial charge in [-0.3, -0.25) is 5.41 Å². The summed E-state index contributed by atoms with van der Waals surface area (Å²) in [6, 6.07) is 12.0. The Hall–Kier alpha value is -3.73. The van der Waals surface area contributed by atoms with Crippen LogP contribution in [0.3, 0.4) is 0 Å². The van der Waals surface area contributed by atoms with Gasteiger partial charge in [0.2, 0.25) is 0 Å². The Kier molecular flexibility index (Phi) is 9.37. The Labute approximate surface area is 150 Å². The zero-order valence-corrected chi connectivity index (χ0v) is 13.8. The van der Waals surface area contributed by atoms with Crippen molar-refractivity contribution in [3.8, 4) is 11.1 Å². The first-order chi connectivity index (χ1) is 12.1. The number of carbonyl (C=O) groups is 4. The molecule has 0 atom stereocenters. The molecule has 0 aliphatic heterocycles. The summed E-state index contributed by atoms with van der Waals surface area (Å²) in [6.45, 7) is 0. The van der Waals surface area contributed by atoms with Gasteiger partial charge in [0, 0.05) is 5.56 Å². The number of nitrogens with one attached hydrogen (secondary N) is 1. The topological polar surface area (TPSA) is 199 Å². The van der Waals surface area contributed by atoms with Crippen LogP contribution < -0.4 is 5.73 Å². The number of nitrogens with two attached hydrogens (primary N) is 1. The van der Waals surface area contributed by atoms with E-state index in [9.17, 15) is 0 Å². The third-order valence-electron chi connectivity index (χ3n) is 2.36. The van der Waals surface area contributed by atoms with Gasteiger partial charge in [-0.15, -0.1) is 11.3 Å². The van der Waals surface area contributed by atoms with Crippen molar-refractivity contribution in [3.63, 3.8) is 0 Å². The lowest BCUT2D eigenvalue weighted by Gasteiger charge is -2.01. The second kappa shape index (κ2) is 10.9. The van der Waals surface area contributed by atoms with E-state index in [2.05, 4.69) is 0 Å². The Bertz CT molecular complexity index is 753. The molecule has 10 nitrogen and oxygen atoms in total. The quantitative estimate of drug-likeness (QED) is 0.249. The average Bonchev–Trinajstić information content (AvgIpc) is 3.06. The van der Waals surface area contributed by atoms with Gasteiger partial charge in [-0.1, -0.05) is 30.3 Å². The van der Waals surface area contributed by atoms with Crippen molar-refractivity contribution in [2.24, 2.45) is 5.73 Å². The highest BCUT2D eigenvalue weighted by Crippen LogP contribution is 2.27. The minimum Gasteiger partial charge on any atom is -0.473 e. The molecule has 1 aromatic heterocycles. The predicted molar refractivity (Wildman–Crippen MR) is 91.3 cm³/mol. The number of carboxylic acid groups (broad SMARTS) is 4. The lowest BCUT2D eigenvalue weighted by Crippen LogP contribution is -2.09. The number of nitrogen functional groups attached to an aromatic ring is 1. The second-order valence-corrected chi connectivity index (χ2v) is 5.08. The summed E-state index contributed by atoms with van der Waals surface area (Å²) in [7, 11) is 0. The highest BCUT2D eigenvalue weighted by Gasteiger charge is 2.08. The van der Waals surface area contributed by atoms with Crippen LogP contribution in [0, 0.1) is 5.41 Å². The zero-order chi connectivity index (χ0) is 20.3. The largest absolute Gasteiger partial charge is 0.473 e. The third-order valence-corrected chi connectivity index (χ3v) is 3.31. The van der Waals surface area contributed by atoms with Crippen molar-refractivity contribution in [2.45, 2.75) is 0 Å². The standard InChI is InChI=1S/C11H10N2S.2C2H2O4/c12-11(13)10-9(6-7-14-10)8-4-2-1-3-5-8;2*3-1(4)2(5)6/h1-7H,(H3,12,13);2*(H,3,4)(H,5,6). The fourth-order valence-electron chi connectivity index (χ4n) is 1.36. The van der Waals surface area contributed by atoms with E-state index >= 15 is 0 Å². The van der Waals surface area contributed by atoms with Crippen LogP contribution in [0.1, 0.15) is 4.88 Å². The number of hydrogen-bond donors (Lipinski definition) is 6. The van der Waals surface area contributed by atoms with E-state index < -0.39 is 23.9 Å². The van der Waals surface area contributed by atoms with Crippen molar-refractivity contribution < 1.29 is 39.6 Å². The molecular formula is C15H14N2O8S. The summed E-state index contributed by atoms with van der Waals surface area (Å²) in [5.41, 5.74) is 7.64. The normalized spacial score (nSPS) is 8.77. The zero-order valence-electron chi connectivity index (χ0n) is 12.9. The molecule has 1 aromatic carbocycles. The number of benzene rings is 1. The summed E-state index contributed by atoms with van der Waals surface area (Å²) in [5, 5.41) is 39.0. The van der Waals surface area contributed by atoms with Gasteiger partial charge in [0.25, 0.3) is 0 Å². The van der Waals surface area contributed by atoms with Crippen LogP contribution in [0.2, 0.25) is 0 Å². The van der Waals surface area contributed by atoms with Gasteiger partial charge in [0.05, 0.1) is 4.88 Å². The molecule has 26 heavy (non-hydrogen) atoms. The van der Waals surface area contributed by atoms with Gasteiger partial charge in [-0.25, -0.2) is 19.2 Å². The second-order valence-electron chi connectivity index (χ2n) is 4.16. The minimum atomic E-state index is -1.82. The van der Waals surface area contributed by atoms with Crippen molar-refractivity contribution >= 4 is 41.0 Å². The van der Waals surface area contributed by atoms with Gasteiger partial charge >= 0.3 is 23.9 Å². The summed E-state index contributed by atoms with van der Waals surface area (Å²) >= 11 is 1.50. The SMILES string of the molecule is N=C(N)c1sccc1-c1ccccc1.O=C(O)C(=O)O.O=C(O)C(=O)O. The molecule has 11 heteroatoms. The number of carboxylic acids is 4. The maximum atomic E-state index is 9.10. The molecule has 7 N–H and O–H groups in total. The van der Waals surface area contributed by atoms with Gasteiger partial charge in [0.1, 0.15) is 5.84 Å². The molecule has 0 unspecified atom stereocenters. The van der Waals surface area contributed by atoms with Crippen molar-refractivity contribution in [3.05, 3.63) is 46.7 Å². The van der Waals surface area contributed by atoms with Crippen molar-refractivity contribution in [1.82, 2.24) is 0 Å². The summed E-state index contributed by atoms with van der Waals surface area (Å²) in [5.74, 6) is -7.16. The fraction of sp³-hybridized carbons (Fsp3) is 0. The Morgan fingerprint density at radius 1 is 0.808 bits per heavy atom. The third kappa shape index (κ3) is 8.21. The molecule has 0 saturated carbocycles. The van der Waals surface area contributed by atoms with E-state index in [1.54, 1.807) is 0 Å². The first kappa shape index (κ1) is 22.3. The van der Waals surface area contributed by atoms with Gasteiger partial charge < -0.3 is 26.2 Å². The molecule has 2 aromatic rings. The molecule has 0 spiro atoms. The van der Waals surface area contributed by atoms with E-state index in [-0.39, 0.29) is 5.84 Å². The molecule has 1 heterocycles. The average molecular weight is 382 g/mol. The molecule has 138 valence electrons. The molecule has 0 bridgehead atoms. The van der Waals surface area contributed by atoms with Gasteiger partial charge in [0.15, 0.2) is 0 Å². The highest BCUT2D eigenvalue weighted by atomic mass is 32.1. The van der Waals surface area contributed by atoms with Crippen LogP contribution in [0.15, 0.2) is 41.8 Å². The Morgan fingerprint density at radius 3 is 1.58 bits per heavy atom. The van der Waals surface area contributed by atoms with Crippen LogP contribution in [0.25, 0.3) is 11.1 Å². The van der Waals surface area contributed by atoms with E-state index in [1.807, 2.05) is 41.8 Å².